The molecule has 6 nitrogen and oxygen atoms in total. The fourth-order valence-corrected chi connectivity index (χ4v) is 8.82. The van der Waals surface area contributed by atoms with E-state index in [0.29, 0.717) is 12.8 Å². The van der Waals surface area contributed by atoms with Crippen LogP contribution in [0.2, 0.25) is 0 Å². The van der Waals surface area contributed by atoms with E-state index in [1.54, 1.807) is 6.08 Å². The third-order valence-electron chi connectivity index (χ3n) is 13.3. The van der Waals surface area contributed by atoms with Crippen LogP contribution in [0.5, 0.6) is 0 Å². The van der Waals surface area contributed by atoms with Gasteiger partial charge in [-0.2, -0.15) is 0 Å². The summed E-state index contributed by atoms with van der Waals surface area (Å²) >= 11 is 0. The SMILES string of the molecule is CC/C=C\C/C=C\C/C=C\C/C=C\C/C=C\CC(=O)OC(COC(=O)CCCCCCCCCCCCCCCC)COC(=O)CCCCCCCCCCCCCCCCCCCCCCCCC. The van der Waals surface area contributed by atoms with E-state index in [9.17, 15) is 14.4 Å². The van der Waals surface area contributed by atoms with Crippen LogP contribution in [0, 0.1) is 0 Å². The third-order valence-corrected chi connectivity index (χ3v) is 13.3. The number of hydrogen-bond acceptors (Lipinski definition) is 6. The highest BCUT2D eigenvalue weighted by molar-refractivity contribution is 5.72. The van der Waals surface area contributed by atoms with E-state index in [4.69, 9.17) is 14.2 Å². The lowest BCUT2D eigenvalue weighted by Crippen LogP contribution is -2.30. The average molecular weight is 980 g/mol. The maximum atomic E-state index is 12.8. The number of esters is 3. The normalized spacial score (nSPS) is 12.4. The Morgan fingerprint density at radius 2 is 0.543 bits per heavy atom. The standard InChI is InChI=1S/C64H114O6/c1-4-7-10-13-16-19-22-25-28-29-30-31-32-33-34-35-37-39-42-45-48-51-54-57-63(66)69-60-61(59-68-62(65)56-53-50-47-44-41-38-27-24-21-18-15-12-9-6-3)70-64(67)58-55-52-49-46-43-40-36-26-23-20-17-14-11-8-5-2/h8,11,17,20,26,36,43,46,52,55,61H,4-7,9-10,12-16,18-19,21-25,27-35,37-42,44-45,47-51,53-54,56-60H2,1-3H3/b11-8-,20-17-,36-26-,46-43-,55-52-. The molecule has 0 saturated carbocycles. The lowest BCUT2D eigenvalue weighted by Gasteiger charge is -2.18. The summed E-state index contributed by atoms with van der Waals surface area (Å²) in [5.41, 5.74) is 0. The first-order chi connectivity index (χ1) is 34.5. The summed E-state index contributed by atoms with van der Waals surface area (Å²) in [4.78, 5) is 38.1. The minimum absolute atomic E-state index is 0.102. The number of unbranched alkanes of at least 4 members (excludes halogenated alkanes) is 35. The van der Waals surface area contributed by atoms with Crippen LogP contribution in [0.25, 0.3) is 0 Å². The Labute approximate surface area is 434 Å². The van der Waals surface area contributed by atoms with Crippen molar-refractivity contribution in [2.45, 2.75) is 316 Å². The van der Waals surface area contributed by atoms with Gasteiger partial charge in [0, 0.05) is 12.8 Å². The smallest absolute Gasteiger partial charge is 0.310 e. The predicted molar refractivity (Wildman–Crippen MR) is 302 cm³/mol. The van der Waals surface area contributed by atoms with Crippen molar-refractivity contribution in [3.63, 3.8) is 0 Å². The minimum Gasteiger partial charge on any atom is -0.462 e. The second-order valence-corrected chi connectivity index (χ2v) is 20.3. The molecule has 0 aromatic heterocycles. The van der Waals surface area contributed by atoms with Crippen LogP contribution >= 0.6 is 0 Å². The maximum absolute atomic E-state index is 12.8. The molecule has 0 bridgehead atoms. The highest BCUT2D eigenvalue weighted by atomic mass is 16.6. The van der Waals surface area contributed by atoms with Gasteiger partial charge in [-0.05, 0) is 44.9 Å². The molecule has 0 aliphatic heterocycles. The van der Waals surface area contributed by atoms with Crippen LogP contribution in [0.1, 0.15) is 310 Å². The Balaban J connectivity index is 4.34. The molecule has 0 amide bonds. The van der Waals surface area contributed by atoms with E-state index in [-0.39, 0.29) is 31.6 Å². The fourth-order valence-electron chi connectivity index (χ4n) is 8.82. The van der Waals surface area contributed by atoms with Gasteiger partial charge in [-0.1, -0.05) is 306 Å². The molecule has 70 heavy (non-hydrogen) atoms. The van der Waals surface area contributed by atoms with Crippen LogP contribution in [0.4, 0.5) is 0 Å². The summed E-state index contributed by atoms with van der Waals surface area (Å²) in [5, 5.41) is 0. The van der Waals surface area contributed by atoms with Gasteiger partial charge in [-0.3, -0.25) is 14.4 Å². The van der Waals surface area contributed by atoms with Gasteiger partial charge in [0.05, 0.1) is 6.42 Å². The zero-order chi connectivity index (χ0) is 50.7. The summed E-state index contributed by atoms with van der Waals surface area (Å²) in [6, 6.07) is 0. The molecule has 6 heteroatoms. The Bertz CT molecular complexity index is 1260. The van der Waals surface area contributed by atoms with Gasteiger partial charge in [0.25, 0.3) is 0 Å². The van der Waals surface area contributed by atoms with Crippen LogP contribution < -0.4 is 0 Å². The molecule has 0 rings (SSSR count). The van der Waals surface area contributed by atoms with Gasteiger partial charge >= 0.3 is 17.9 Å². The van der Waals surface area contributed by atoms with E-state index in [0.717, 1.165) is 70.6 Å². The lowest BCUT2D eigenvalue weighted by molar-refractivity contribution is -0.166. The minimum atomic E-state index is -0.825. The number of carbonyl (C=O) groups excluding carboxylic acids is 3. The van der Waals surface area contributed by atoms with Gasteiger partial charge in [-0.15, -0.1) is 0 Å². The van der Waals surface area contributed by atoms with E-state index in [1.165, 1.54) is 199 Å². The Morgan fingerprint density at radius 3 is 0.814 bits per heavy atom. The lowest BCUT2D eigenvalue weighted by atomic mass is 10.0. The van der Waals surface area contributed by atoms with Crippen LogP contribution in [-0.4, -0.2) is 37.2 Å². The van der Waals surface area contributed by atoms with E-state index < -0.39 is 12.1 Å². The molecule has 0 spiro atoms. The molecular formula is C64H114O6. The van der Waals surface area contributed by atoms with E-state index in [1.807, 2.05) is 6.08 Å². The van der Waals surface area contributed by atoms with Crippen molar-refractivity contribution in [3.05, 3.63) is 60.8 Å². The van der Waals surface area contributed by atoms with Crippen molar-refractivity contribution in [1.82, 2.24) is 0 Å². The molecular weight excluding hydrogens is 865 g/mol. The monoisotopic (exact) mass is 979 g/mol. The molecule has 0 aliphatic rings. The number of hydrogen-bond donors (Lipinski definition) is 0. The molecule has 0 saturated heterocycles. The third kappa shape index (κ3) is 56.0. The van der Waals surface area contributed by atoms with Crippen molar-refractivity contribution in [2.24, 2.45) is 0 Å². The zero-order valence-corrected chi connectivity index (χ0v) is 46.5. The molecule has 406 valence electrons. The fraction of sp³-hybridized carbons (Fsp3) is 0.797. The van der Waals surface area contributed by atoms with E-state index in [2.05, 4.69) is 69.4 Å². The van der Waals surface area contributed by atoms with Crippen molar-refractivity contribution in [1.29, 1.82) is 0 Å². The van der Waals surface area contributed by atoms with Gasteiger partial charge in [-0.25, -0.2) is 0 Å². The van der Waals surface area contributed by atoms with Gasteiger partial charge in [0.1, 0.15) is 13.2 Å². The number of allylic oxidation sites excluding steroid dienone is 9. The first-order valence-corrected chi connectivity index (χ1v) is 30.3. The molecule has 1 unspecified atom stereocenters. The first-order valence-electron chi connectivity index (χ1n) is 30.3. The van der Waals surface area contributed by atoms with Gasteiger partial charge < -0.3 is 14.2 Å². The maximum Gasteiger partial charge on any atom is 0.310 e. The van der Waals surface area contributed by atoms with Crippen LogP contribution in [0.3, 0.4) is 0 Å². The van der Waals surface area contributed by atoms with E-state index >= 15 is 0 Å². The molecule has 0 radical (unpaired) electrons. The quantitative estimate of drug-likeness (QED) is 0.0261. The highest BCUT2D eigenvalue weighted by Gasteiger charge is 2.19. The van der Waals surface area contributed by atoms with Crippen LogP contribution in [0.15, 0.2) is 60.8 Å². The van der Waals surface area contributed by atoms with Gasteiger partial charge in [0.15, 0.2) is 6.10 Å². The van der Waals surface area contributed by atoms with Crippen molar-refractivity contribution in [2.75, 3.05) is 13.2 Å². The molecule has 0 aromatic carbocycles. The Morgan fingerprint density at radius 1 is 0.300 bits per heavy atom. The highest BCUT2D eigenvalue weighted by Crippen LogP contribution is 2.17. The summed E-state index contributed by atoms with van der Waals surface area (Å²) in [7, 11) is 0. The summed E-state index contributed by atoms with van der Waals surface area (Å²) in [5.74, 6) is -1.02. The molecule has 0 fully saturated rings. The molecule has 0 N–H and O–H groups in total. The molecule has 0 aromatic rings. The zero-order valence-electron chi connectivity index (χ0n) is 46.5. The molecule has 1 atom stereocenters. The molecule has 0 aliphatic carbocycles. The molecule has 0 heterocycles. The van der Waals surface area contributed by atoms with Crippen molar-refractivity contribution >= 4 is 17.9 Å². The number of rotatable bonds is 55. The second kappa shape index (κ2) is 58.7. The van der Waals surface area contributed by atoms with Gasteiger partial charge in [0.2, 0.25) is 0 Å². The number of carbonyl (C=O) groups is 3. The Kier molecular flexibility index (Phi) is 56.3. The van der Waals surface area contributed by atoms with Crippen molar-refractivity contribution in [3.8, 4) is 0 Å². The second-order valence-electron chi connectivity index (χ2n) is 20.3. The predicted octanol–water partition coefficient (Wildman–Crippen LogP) is 20.4. The summed E-state index contributed by atoms with van der Waals surface area (Å²) < 4.78 is 16.8. The average Bonchev–Trinajstić information content (AvgIpc) is 3.36. The van der Waals surface area contributed by atoms with Crippen molar-refractivity contribution < 1.29 is 28.6 Å². The first kappa shape index (κ1) is 67.1. The number of ether oxygens (including phenoxy) is 3. The summed E-state index contributed by atoms with van der Waals surface area (Å²) in [6.07, 6.45) is 74.0. The summed E-state index contributed by atoms with van der Waals surface area (Å²) in [6.45, 7) is 6.49. The topological polar surface area (TPSA) is 78.9 Å². The Hall–Kier alpha value is -2.89. The van der Waals surface area contributed by atoms with Crippen LogP contribution in [-0.2, 0) is 28.6 Å². The largest absolute Gasteiger partial charge is 0.462 e.